The van der Waals surface area contributed by atoms with E-state index in [0.717, 1.165) is 22.1 Å². The molecule has 38 heavy (non-hydrogen) atoms. The summed E-state index contributed by atoms with van der Waals surface area (Å²) in [5, 5.41) is 5.96. The molecule has 0 aliphatic heterocycles. The molecule has 0 aliphatic carbocycles. The summed E-state index contributed by atoms with van der Waals surface area (Å²) in [5.74, 6) is 36.0. The molecule has 0 aliphatic rings. The zero-order chi connectivity index (χ0) is 27.0. The molecule has 0 saturated heterocycles. The number of rotatable bonds is 3. The number of hydrogen-bond acceptors (Lipinski definition) is 5. The van der Waals surface area contributed by atoms with E-state index in [9.17, 15) is 4.39 Å². The van der Waals surface area contributed by atoms with Gasteiger partial charge in [-0.05, 0) is 102 Å². The van der Waals surface area contributed by atoms with Crippen molar-refractivity contribution in [3.8, 4) is 94.6 Å². The third kappa shape index (κ3) is 15.4. The molecule has 2 aromatic carbocycles. The molecule has 3 N–H and O–H groups in total. The van der Waals surface area contributed by atoms with Gasteiger partial charge in [0, 0.05) is 20.9 Å². The molecular formula is C30H24F2N4S2. The number of nitrogens with one attached hydrogen (secondary N) is 1. The van der Waals surface area contributed by atoms with Gasteiger partial charge in [-0.25, -0.2) is 9.37 Å². The highest BCUT2D eigenvalue weighted by atomic mass is 32.1. The molecule has 0 radical (unpaired) electrons. The van der Waals surface area contributed by atoms with Crippen molar-refractivity contribution in [1.82, 2.24) is 4.98 Å². The zero-order valence-corrected chi connectivity index (χ0v) is 21.6. The highest BCUT2D eigenvalue weighted by molar-refractivity contribution is 7.47. The highest BCUT2D eigenvalue weighted by Gasteiger charge is 2.04. The molecule has 3 aromatic rings. The smallest absolute Gasteiger partial charge is 0.187 e. The fraction of sp³-hybridized carbons (Fsp3) is 0.0333. The third-order valence-electron chi connectivity index (χ3n) is 3.49. The van der Waals surface area contributed by atoms with Crippen molar-refractivity contribution in [2.45, 2.75) is 6.92 Å². The summed E-state index contributed by atoms with van der Waals surface area (Å²) in [6.45, 7) is 1.70. The van der Waals surface area contributed by atoms with Crippen LogP contribution in [-0.2, 0) is 12.4 Å². The first kappa shape index (κ1) is 32.5. The molecule has 0 bridgehead atoms. The predicted octanol–water partition coefficient (Wildman–Crippen LogP) is 5.83. The van der Waals surface area contributed by atoms with Gasteiger partial charge in [0.05, 0.1) is 18.1 Å². The summed E-state index contributed by atoms with van der Waals surface area (Å²) >= 11 is 5.32. The van der Waals surface area contributed by atoms with Gasteiger partial charge in [0.1, 0.15) is 5.82 Å². The third-order valence-corrected chi connectivity index (χ3v) is 4.25. The van der Waals surface area contributed by atoms with Crippen molar-refractivity contribution in [3.05, 3.63) is 65.8 Å². The minimum absolute atomic E-state index is 0. The number of aromatic nitrogens is 1. The van der Waals surface area contributed by atoms with Crippen LogP contribution >= 0.6 is 11.3 Å². The van der Waals surface area contributed by atoms with Crippen LogP contribution in [0.2, 0.25) is 0 Å². The van der Waals surface area contributed by atoms with E-state index in [0.29, 0.717) is 0 Å². The second-order valence-corrected chi connectivity index (χ2v) is 6.98. The predicted molar refractivity (Wildman–Crippen MR) is 161 cm³/mol. The van der Waals surface area contributed by atoms with Crippen molar-refractivity contribution >= 4 is 34.6 Å². The molecule has 3 rings (SSSR count). The second-order valence-electron chi connectivity index (χ2n) is 5.91. The summed E-state index contributed by atoms with van der Waals surface area (Å²) in [4.78, 5) is 4.51. The van der Waals surface area contributed by atoms with Gasteiger partial charge in [-0.3, -0.25) is 4.70 Å². The zero-order valence-electron chi connectivity index (χ0n) is 19.9. The van der Waals surface area contributed by atoms with Gasteiger partial charge in [0.15, 0.2) is 5.13 Å². The Bertz CT molecular complexity index is 1600. The second kappa shape index (κ2) is 22.0. The van der Waals surface area contributed by atoms with Crippen LogP contribution in [-0.4, -0.2) is 4.98 Å². The van der Waals surface area contributed by atoms with E-state index in [2.05, 4.69) is 110 Å². The number of terminal acetylenes is 1. The van der Waals surface area contributed by atoms with Crippen LogP contribution in [0.15, 0.2) is 64.4 Å². The lowest BCUT2D eigenvalue weighted by Crippen LogP contribution is -1.89. The Morgan fingerprint density at radius 1 is 0.895 bits per heavy atom. The summed E-state index contributed by atoms with van der Waals surface area (Å²) in [6, 6.07) is 16.2. The molecule has 0 amide bonds. The van der Waals surface area contributed by atoms with Crippen molar-refractivity contribution < 1.29 is 13.4 Å². The Morgan fingerprint density at radius 3 is 1.89 bits per heavy atom. The minimum Gasteiger partial charge on any atom is -0.332 e. The molecule has 0 atom stereocenters. The van der Waals surface area contributed by atoms with E-state index in [1.165, 1.54) is 23.5 Å². The van der Waals surface area contributed by atoms with E-state index in [1.54, 1.807) is 19.1 Å². The Labute approximate surface area is 235 Å². The Kier molecular flexibility index (Phi) is 18.8. The Morgan fingerprint density at radius 2 is 1.39 bits per heavy atom. The van der Waals surface area contributed by atoms with Crippen molar-refractivity contribution in [3.63, 3.8) is 0 Å². The summed E-state index contributed by atoms with van der Waals surface area (Å²) in [6.07, 6.45) is 4.87. The van der Waals surface area contributed by atoms with Crippen LogP contribution in [0.5, 0.6) is 0 Å². The molecule has 8 heteroatoms. The number of benzene rings is 2. The van der Waals surface area contributed by atoms with Crippen LogP contribution < -0.4 is 11.2 Å². The topological polar surface area (TPSA) is 63.3 Å². The molecular weight excluding hydrogens is 518 g/mol. The van der Waals surface area contributed by atoms with Crippen LogP contribution in [0, 0.1) is 89.2 Å². The maximum Gasteiger partial charge on any atom is 0.187 e. The highest BCUT2D eigenvalue weighted by Crippen LogP contribution is 2.26. The van der Waals surface area contributed by atoms with Crippen molar-refractivity contribution in [1.29, 1.82) is 0 Å². The molecule has 4 nitrogen and oxygen atoms in total. The fourth-order valence-corrected chi connectivity index (χ4v) is 2.85. The fourth-order valence-electron chi connectivity index (χ4n) is 2.11. The SMILES string of the molecule is C#CC#CC#CC#CC#CC#CC#CC.F.Fc1ccc(Nc2nc(-c3ccccc3)cs2)cc1.NN=S.[HH].[HH].[HH]. The summed E-state index contributed by atoms with van der Waals surface area (Å²) < 4.78 is 15.4. The van der Waals surface area contributed by atoms with E-state index < -0.39 is 0 Å². The molecule has 0 spiro atoms. The van der Waals surface area contributed by atoms with Gasteiger partial charge in [0.25, 0.3) is 0 Å². The number of nitrogens with zero attached hydrogens (tertiary/aromatic N) is 2. The van der Waals surface area contributed by atoms with Gasteiger partial charge in [0.2, 0.25) is 0 Å². The van der Waals surface area contributed by atoms with E-state index in [4.69, 9.17) is 6.42 Å². The standard InChI is InChI=1S/C15H11FN2S.C15H4.FH.H2N2S.3H2/c16-12-6-8-13(9-7-12)17-15-18-14(10-19-15)11-4-2-1-3-5-11;1-3-5-7-9-11-13-15-14-12-10-8-6-4-2;;1-2-3;;;/h1-10H,(H,17,18);1H,2H3;1H;(H2,1,3);3*1H. The first-order valence-electron chi connectivity index (χ1n) is 10.1. The molecule has 0 saturated carbocycles. The van der Waals surface area contributed by atoms with Crippen LogP contribution in [0.1, 0.15) is 11.2 Å². The molecule has 190 valence electrons. The van der Waals surface area contributed by atoms with E-state index >= 15 is 0 Å². The normalized spacial score (nSPS) is 6.97. The average molecular weight is 543 g/mol. The lowest BCUT2D eigenvalue weighted by molar-refractivity contribution is 0.628. The molecule has 1 heterocycles. The van der Waals surface area contributed by atoms with Gasteiger partial charge < -0.3 is 11.2 Å². The Hall–Kier alpha value is -5.53. The summed E-state index contributed by atoms with van der Waals surface area (Å²) in [7, 11) is 0. The molecule has 0 unspecified atom stereocenters. The number of nitrogens with two attached hydrogens (primary N) is 1. The minimum atomic E-state index is -0.241. The lowest BCUT2D eigenvalue weighted by Gasteiger charge is -2.01. The Balaban J connectivity index is -0.000000286. The maximum atomic E-state index is 12.8. The molecule has 0 fully saturated rings. The van der Waals surface area contributed by atoms with Crippen molar-refractivity contribution in [2.75, 3.05) is 5.32 Å². The monoisotopic (exact) mass is 542 g/mol. The quantitative estimate of drug-likeness (QED) is 0.248. The van der Waals surface area contributed by atoms with Gasteiger partial charge >= 0.3 is 0 Å². The van der Waals surface area contributed by atoms with Crippen LogP contribution in [0.4, 0.5) is 19.9 Å². The molecule has 1 aromatic heterocycles. The van der Waals surface area contributed by atoms with E-state index in [-0.39, 0.29) is 14.8 Å². The van der Waals surface area contributed by atoms with Gasteiger partial charge in [-0.2, -0.15) is 0 Å². The first-order chi connectivity index (χ1) is 18.1. The number of halogens is 2. The van der Waals surface area contributed by atoms with Crippen molar-refractivity contribution in [2.24, 2.45) is 10.3 Å². The lowest BCUT2D eigenvalue weighted by atomic mass is 10.2. The maximum absolute atomic E-state index is 12.8. The van der Waals surface area contributed by atoms with Gasteiger partial charge in [-0.15, -0.1) is 22.2 Å². The van der Waals surface area contributed by atoms with Gasteiger partial charge in [-0.1, -0.05) is 36.3 Å². The number of hydrogen-bond donors (Lipinski definition) is 2. The van der Waals surface area contributed by atoms with E-state index in [1.807, 2.05) is 35.7 Å². The largest absolute Gasteiger partial charge is 0.332 e. The number of thiazole rings is 1. The van der Waals surface area contributed by atoms with Crippen LogP contribution in [0.25, 0.3) is 11.3 Å². The number of anilines is 2. The van der Waals surface area contributed by atoms with Crippen LogP contribution in [0.3, 0.4) is 0 Å². The summed E-state index contributed by atoms with van der Waals surface area (Å²) in [5.41, 5.74) is 2.86. The first-order valence-corrected chi connectivity index (χ1v) is 11.3. The average Bonchev–Trinajstić information content (AvgIpc) is 3.39.